The molecule has 1 aliphatic heterocycles. The number of hydrogen-bond donors (Lipinski definition) is 1. The van der Waals surface area contributed by atoms with Crippen LogP contribution in [0.5, 0.6) is 0 Å². The maximum Gasteiger partial charge on any atom is 0.143 e. The minimum absolute atomic E-state index is 0.786. The van der Waals surface area contributed by atoms with Crippen molar-refractivity contribution >= 4 is 38.3 Å². The predicted octanol–water partition coefficient (Wildman–Crippen LogP) is 6.49. The van der Waals surface area contributed by atoms with Crippen LogP contribution in [0.25, 0.3) is 55.3 Å². The van der Waals surface area contributed by atoms with Crippen molar-refractivity contribution in [2.24, 2.45) is 0 Å². The van der Waals surface area contributed by atoms with Crippen LogP contribution in [0.1, 0.15) is 5.69 Å². The molecule has 162 valence electrons. The van der Waals surface area contributed by atoms with E-state index in [0.717, 1.165) is 67.5 Å². The molecule has 0 saturated heterocycles. The highest BCUT2D eigenvalue weighted by molar-refractivity contribution is 6.19. The van der Waals surface area contributed by atoms with Gasteiger partial charge in [-0.15, -0.1) is 0 Å². The molecule has 0 radical (unpaired) electrons. The SMILES string of the molecule is C1=CC(c2cc(-c3ccncc3)cc(-n3c4ccccc4c4c5occc5ccc43)n2)=CCN1. The van der Waals surface area contributed by atoms with Crippen LogP contribution in [-0.2, 0) is 0 Å². The zero-order valence-electron chi connectivity index (χ0n) is 18.3. The number of furan rings is 1. The molecular weight excluding hydrogens is 420 g/mol. The summed E-state index contributed by atoms with van der Waals surface area (Å²) in [5.74, 6) is 0.870. The highest BCUT2D eigenvalue weighted by Gasteiger charge is 2.18. The second-order valence-electron chi connectivity index (χ2n) is 8.39. The Hall–Kier alpha value is -4.64. The van der Waals surface area contributed by atoms with E-state index in [2.05, 4.69) is 75.6 Å². The molecule has 6 aromatic rings. The molecule has 5 nitrogen and oxygen atoms in total. The monoisotopic (exact) mass is 440 g/mol. The topological polar surface area (TPSA) is 55.9 Å². The van der Waals surface area contributed by atoms with Crippen molar-refractivity contribution in [1.82, 2.24) is 19.9 Å². The van der Waals surface area contributed by atoms with E-state index in [-0.39, 0.29) is 0 Å². The molecule has 0 fully saturated rings. The summed E-state index contributed by atoms with van der Waals surface area (Å²) in [6.45, 7) is 0.786. The van der Waals surface area contributed by atoms with Crippen molar-refractivity contribution in [3.8, 4) is 16.9 Å². The van der Waals surface area contributed by atoms with E-state index in [1.807, 2.05) is 36.8 Å². The molecule has 34 heavy (non-hydrogen) atoms. The molecule has 7 rings (SSSR count). The Balaban J connectivity index is 1.58. The van der Waals surface area contributed by atoms with Crippen molar-refractivity contribution in [3.05, 3.63) is 109 Å². The van der Waals surface area contributed by atoms with Crippen LogP contribution in [0.4, 0.5) is 0 Å². The Morgan fingerprint density at radius 1 is 0.882 bits per heavy atom. The molecule has 5 heterocycles. The summed E-state index contributed by atoms with van der Waals surface area (Å²) in [4.78, 5) is 9.36. The standard InChI is InChI=1S/C29H20N4O/c1-2-4-25-23(3-1)28-26(6-5-21-11-16-34-29(21)28)33(25)27-18-22(19-7-12-30-13-8-19)17-24(32-27)20-9-14-31-15-10-20/h1-14,16-18,31H,15H2. The minimum Gasteiger partial charge on any atom is -0.464 e. The average molecular weight is 441 g/mol. The zero-order chi connectivity index (χ0) is 22.5. The van der Waals surface area contributed by atoms with E-state index in [1.54, 1.807) is 6.26 Å². The number of para-hydroxylation sites is 1. The van der Waals surface area contributed by atoms with Gasteiger partial charge in [0.15, 0.2) is 0 Å². The lowest BCUT2D eigenvalue weighted by Gasteiger charge is -2.14. The minimum atomic E-state index is 0.786. The van der Waals surface area contributed by atoms with Crippen LogP contribution in [0.2, 0.25) is 0 Å². The van der Waals surface area contributed by atoms with Crippen molar-refractivity contribution in [3.63, 3.8) is 0 Å². The molecular formula is C29H20N4O. The fourth-order valence-corrected chi connectivity index (χ4v) is 4.86. The van der Waals surface area contributed by atoms with Gasteiger partial charge in [0.25, 0.3) is 0 Å². The lowest BCUT2D eigenvalue weighted by Crippen LogP contribution is -2.09. The highest BCUT2D eigenvalue weighted by atomic mass is 16.3. The summed E-state index contributed by atoms with van der Waals surface area (Å²) in [6.07, 6.45) is 11.6. The fourth-order valence-electron chi connectivity index (χ4n) is 4.86. The van der Waals surface area contributed by atoms with Gasteiger partial charge in [0.1, 0.15) is 11.4 Å². The Morgan fingerprint density at radius 2 is 1.79 bits per heavy atom. The number of aromatic nitrogens is 3. The number of rotatable bonds is 3. The van der Waals surface area contributed by atoms with E-state index < -0.39 is 0 Å². The molecule has 0 amide bonds. The van der Waals surface area contributed by atoms with E-state index in [9.17, 15) is 0 Å². The highest BCUT2D eigenvalue weighted by Crippen LogP contribution is 2.37. The molecule has 0 aliphatic carbocycles. The van der Waals surface area contributed by atoms with Crippen molar-refractivity contribution in [2.45, 2.75) is 0 Å². The molecule has 4 aromatic heterocycles. The van der Waals surface area contributed by atoms with Gasteiger partial charge in [-0.3, -0.25) is 9.55 Å². The smallest absolute Gasteiger partial charge is 0.143 e. The number of fused-ring (bicyclic) bond motifs is 5. The molecule has 0 spiro atoms. The van der Waals surface area contributed by atoms with Gasteiger partial charge in [-0.2, -0.15) is 0 Å². The lowest BCUT2D eigenvalue weighted by atomic mass is 10.0. The summed E-state index contributed by atoms with van der Waals surface area (Å²) < 4.78 is 8.18. The summed E-state index contributed by atoms with van der Waals surface area (Å²) in [5, 5.41) is 6.58. The maximum atomic E-state index is 5.93. The zero-order valence-corrected chi connectivity index (χ0v) is 18.3. The third kappa shape index (κ3) is 2.87. The van der Waals surface area contributed by atoms with Gasteiger partial charge < -0.3 is 9.73 Å². The van der Waals surface area contributed by atoms with E-state index in [4.69, 9.17) is 9.40 Å². The molecule has 5 heteroatoms. The third-order valence-electron chi connectivity index (χ3n) is 6.43. The first-order valence-corrected chi connectivity index (χ1v) is 11.3. The van der Waals surface area contributed by atoms with Crippen molar-refractivity contribution in [2.75, 3.05) is 6.54 Å². The van der Waals surface area contributed by atoms with E-state index in [0.29, 0.717) is 0 Å². The maximum absolute atomic E-state index is 5.93. The summed E-state index contributed by atoms with van der Waals surface area (Å²) in [7, 11) is 0. The fraction of sp³-hybridized carbons (Fsp3) is 0.0345. The van der Waals surface area contributed by atoms with Crippen molar-refractivity contribution < 1.29 is 4.42 Å². The van der Waals surface area contributed by atoms with Crippen LogP contribution in [0, 0.1) is 0 Å². The number of benzene rings is 2. The van der Waals surface area contributed by atoms with Crippen LogP contribution < -0.4 is 5.32 Å². The molecule has 0 bridgehead atoms. The van der Waals surface area contributed by atoms with Crippen LogP contribution >= 0.6 is 0 Å². The van der Waals surface area contributed by atoms with Gasteiger partial charge in [-0.25, -0.2) is 4.98 Å². The summed E-state index contributed by atoms with van der Waals surface area (Å²) in [6, 6.07) is 23.1. The molecule has 0 saturated carbocycles. The first-order valence-electron chi connectivity index (χ1n) is 11.3. The van der Waals surface area contributed by atoms with Crippen LogP contribution in [-0.4, -0.2) is 21.1 Å². The number of pyridine rings is 2. The predicted molar refractivity (Wildman–Crippen MR) is 137 cm³/mol. The first-order chi connectivity index (χ1) is 16.9. The number of dihydropyridines is 1. The number of nitrogens with zero attached hydrogens (tertiary/aromatic N) is 3. The van der Waals surface area contributed by atoms with E-state index >= 15 is 0 Å². The number of nitrogens with one attached hydrogen (secondary N) is 1. The average Bonchev–Trinajstić information content (AvgIpc) is 3.52. The quantitative estimate of drug-likeness (QED) is 0.342. The summed E-state index contributed by atoms with van der Waals surface area (Å²) >= 11 is 0. The third-order valence-corrected chi connectivity index (χ3v) is 6.43. The molecule has 2 aromatic carbocycles. The molecule has 0 unspecified atom stereocenters. The Kier molecular flexibility index (Phi) is 4.14. The Bertz CT molecular complexity index is 1760. The number of allylic oxidation sites excluding steroid dienone is 2. The second kappa shape index (κ2) is 7.46. The Labute approximate surface area is 195 Å². The summed E-state index contributed by atoms with van der Waals surface area (Å²) in [5.41, 5.74) is 7.32. The van der Waals surface area contributed by atoms with Crippen molar-refractivity contribution in [1.29, 1.82) is 0 Å². The van der Waals surface area contributed by atoms with Gasteiger partial charge in [0, 0.05) is 29.7 Å². The second-order valence-corrected chi connectivity index (χ2v) is 8.39. The van der Waals surface area contributed by atoms with Crippen LogP contribution in [0.15, 0.2) is 108 Å². The number of hydrogen-bond acceptors (Lipinski definition) is 4. The van der Waals surface area contributed by atoms with Gasteiger partial charge in [0.2, 0.25) is 0 Å². The lowest BCUT2D eigenvalue weighted by molar-refractivity contribution is 0.619. The largest absolute Gasteiger partial charge is 0.464 e. The van der Waals surface area contributed by atoms with Gasteiger partial charge in [-0.05, 0) is 77.5 Å². The van der Waals surface area contributed by atoms with Gasteiger partial charge in [-0.1, -0.05) is 24.3 Å². The Morgan fingerprint density at radius 3 is 2.68 bits per heavy atom. The van der Waals surface area contributed by atoms with Gasteiger partial charge in [0.05, 0.1) is 28.4 Å². The molecule has 0 atom stereocenters. The first kappa shape index (κ1) is 18.9. The molecule has 1 aliphatic rings. The van der Waals surface area contributed by atoms with Gasteiger partial charge >= 0.3 is 0 Å². The van der Waals surface area contributed by atoms with Crippen LogP contribution in [0.3, 0.4) is 0 Å². The normalized spacial score (nSPS) is 13.5. The molecule has 1 N–H and O–H groups in total. The van der Waals surface area contributed by atoms with E-state index in [1.165, 1.54) is 0 Å².